The molecule has 3 rings (SSSR count). The number of H-pyrrole nitrogens is 1. The van der Waals surface area contributed by atoms with Crippen LogP contribution in [0.1, 0.15) is 12.8 Å². The Hall–Kier alpha value is -2.06. The molecule has 0 radical (unpaired) electrons. The van der Waals surface area contributed by atoms with E-state index in [2.05, 4.69) is 20.5 Å². The van der Waals surface area contributed by atoms with Gasteiger partial charge in [0.1, 0.15) is 5.82 Å². The summed E-state index contributed by atoms with van der Waals surface area (Å²) in [4.78, 5) is 2.71. The number of nitrogens with one attached hydrogen (secondary N) is 2. The number of aromatic nitrogens is 1. The van der Waals surface area contributed by atoms with Gasteiger partial charge < -0.3 is 20.1 Å². The van der Waals surface area contributed by atoms with Crippen LogP contribution in [0.3, 0.4) is 0 Å². The van der Waals surface area contributed by atoms with Gasteiger partial charge >= 0.3 is 0 Å². The van der Waals surface area contributed by atoms with Crippen molar-refractivity contribution in [3.8, 4) is 5.88 Å². The van der Waals surface area contributed by atoms with Crippen molar-refractivity contribution in [2.45, 2.75) is 18.9 Å². The molecule has 0 aliphatic carbocycles. The standard InChI is InChI=1S/C14H15FN4O2S/c15-8-3-4-11-10(6-8)12(13(20)17-11)18-19-14(22)16-7-9-2-1-5-21-9/h3-4,6,9,17,20H,1-2,5,7H2,(H,16,22)/t9-/m0/s1. The van der Waals surface area contributed by atoms with Crippen LogP contribution in [0.4, 0.5) is 10.1 Å². The number of hydrogen-bond donors (Lipinski definition) is 3. The van der Waals surface area contributed by atoms with E-state index in [-0.39, 0.29) is 22.8 Å². The molecule has 1 saturated heterocycles. The molecule has 1 fully saturated rings. The fourth-order valence-corrected chi connectivity index (χ4v) is 2.50. The van der Waals surface area contributed by atoms with Gasteiger partial charge in [0, 0.05) is 18.5 Å². The second-order valence-corrected chi connectivity index (χ2v) is 5.42. The van der Waals surface area contributed by atoms with Crippen LogP contribution in [0.25, 0.3) is 10.9 Å². The average molecular weight is 322 g/mol. The van der Waals surface area contributed by atoms with Crippen molar-refractivity contribution >= 4 is 33.9 Å². The van der Waals surface area contributed by atoms with Crippen molar-refractivity contribution in [3.05, 3.63) is 24.0 Å². The van der Waals surface area contributed by atoms with Gasteiger partial charge in [-0.1, -0.05) is 0 Å². The summed E-state index contributed by atoms with van der Waals surface area (Å²) < 4.78 is 18.8. The van der Waals surface area contributed by atoms with Gasteiger partial charge in [0.05, 0.1) is 11.6 Å². The molecule has 1 aromatic carbocycles. The van der Waals surface area contributed by atoms with Crippen molar-refractivity contribution in [2.75, 3.05) is 13.2 Å². The quantitative estimate of drug-likeness (QED) is 0.599. The SMILES string of the molecule is Oc1[nH]c2ccc(F)cc2c1N=NC(=S)NC[C@@H]1CCCO1. The van der Waals surface area contributed by atoms with Gasteiger partial charge in [-0.2, -0.15) is 0 Å². The van der Waals surface area contributed by atoms with E-state index in [1.807, 2.05) is 0 Å². The highest BCUT2D eigenvalue weighted by Gasteiger charge is 2.15. The second kappa shape index (κ2) is 6.37. The van der Waals surface area contributed by atoms with E-state index in [9.17, 15) is 9.50 Å². The summed E-state index contributed by atoms with van der Waals surface area (Å²) in [5, 5.41) is 21.2. The molecule has 0 saturated carbocycles. The molecular formula is C14H15FN4O2S. The monoisotopic (exact) mass is 322 g/mol. The molecule has 22 heavy (non-hydrogen) atoms. The lowest BCUT2D eigenvalue weighted by Gasteiger charge is -2.09. The van der Waals surface area contributed by atoms with Crippen molar-refractivity contribution in [3.63, 3.8) is 0 Å². The molecule has 1 atom stereocenters. The number of ether oxygens (including phenoxy) is 1. The minimum atomic E-state index is -0.415. The highest BCUT2D eigenvalue weighted by atomic mass is 32.1. The van der Waals surface area contributed by atoms with Crippen LogP contribution >= 0.6 is 12.2 Å². The summed E-state index contributed by atoms with van der Waals surface area (Å²) in [7, 11) is 0. The average Bonchev–Trinajstić information content (AvgIpc) is 3.10. The number of nitrogens with zero attached hydrogens (tertiary/aromatic N) is 2. The molecule has 0 spiro atoms. The first-order valence-electron chi connectivity index (χ1n) is 6.95. The van der Waals surface area contributed by atoms with Crippen LogP contribution in [0.15, 0.2) is 28.4 Å². The van der Waals surface area contributed by atoms with E-state index in [1.54, 1.807) is 0 Å². The van der Waals surface area contributed by atoms with Crippen molar-refractivity contribution in [1.82, 2.24) is 10.3 Å². The van der Waals surface area contributed by atoms with Crippen molar-refractivity contribution in [2.24, 2.45) is 10.2 Å². The Morgan fingerprint density at radius 2 is 2.41 bits per heavy atom. The van der Waals surface area contributed by atoms with Gasteiger partial charge in [0.25, 0.3) is 0 Å². The fraction of sp³-hybridized carbons (Fsp3) is 0.357. The zero-order valence-electron chi connectivity index (χ0n) is 11.7. The number of rotatable bonds is 3. The number of halogens is 1. The molecule has 116 valence electrons. The summed E-state index contributed by atoms with van der Waals surface area (Å²) in [6.45, 7) is 1.35. The van der Waals surface area contributed by atoms with Gasteiger partial charge in [-0.05, 0) is 43.3 Å². The third-order valence-corrected chi connectivity index (χ3v) is 3.69. The highest BCUT2D eigenvalue weighted by molar-refractivity contribution is 7.80. The predicted molar refractivity (Wildman–Crippen MR) is 84.0 cm³/mol. The Bertz CT molecular complexity index is 725. The van der Waals surface area contributed by atoms with Crippen LogP contribution in [0.5, 0.6) is 5.88 Å². The Morgan fingerprint density at radius 3 is 3.18 bits per heavy atom. The maximum Gasteiger partial charge on any atom is 0.218 e. The topological polar surface area (TPSA) is 82.0 Å². The molecule has 1 aliphatic rings. The van der Waals surface area contributed by atoms with Crippen LogP contribution < -0.4 is 5.32 Å². The Kier molecular flexibility index (Phi) is 4.30. The molecular weight excluding hydrogens is 307 g/mol. The number of fused-ring (bicyclic) bond motifs is 1. The summed E-state index contributed by atoms with van der Waals surface area (Å²) in [5.41, 5.74) is 0.738. The summed E-state index contributed by atoms with van der Waals surface area (Å²) >= 11 is 5.06. The molecule has 1 aliphatic heterocycles. The first-order valence-corrected chi connectivity index (χ1v) is 7.35. The minimum Gasteiger partial charge on any atom is -0.493 e. The zero-order valence-corrected chi connectivity index (χ0v) is 12.5. The molecule has 6 nitrogen and oxygen atoms in total. The van der Waals surface area contributed by atoms with E-state index in [0.29, 0.717) is 17.4 Å². The lowest BCUT2D eigenvalue weighted by Crippen LogP contribution is -2.29. The molecule has 0 amide bonds. The molecule has 1 aromatic heterocycles. The van der Waals surface area contributed by atoms with E-state index in [1.165, 1.54) is 18.2 Å². The number of aromatic hydroxyl groups is 1. The zero-order chi connectivity index (χ0) is 15.5. The number of azo groups is 1. The Morgan fingerprint density at radius 1 is 1.55 bits per heavy atom. The summed E-state index contributed by atoms with van der Waals surface area (Å²) in [6.07, 6.45) is 2.19. The van der Waals surface area contributed by atoms with Gasteiger partial charge in [-0.25, -0.2) is 4.39 Å². The van der Waals surface area contributed by atoms with E-state index >= 15 is 0 Å². The van der Waals surface area contributed by atoms with Gasteiger partial charge in [0.15, 0.2) is 5.69 Å². The Labute approximate surface area is 131 Å². The lowest BCUT2D eigenvalue weighted by atomic mass is 10.2. The van der Waals surface area contributed by atoms with E-state index in [0.717, 1.165) is 19.4 Å². The first kappa shape index (κ1) is 14.9. The fourth-order valence-electron chi connectivity index (χ4n) is 2.37. The van der Waals surface area contributed by atoms with Gasteiger partial charge in [-0.3, -0.25) is 0 Å². The van der Waals surface area contributed by atoms with Crippen molar-refractivity contribution < 1.29 is 14.2 Å². The second-order valence-electron chi connectivity index (χ2n) is 5.03. The maximum absolute atomic E-state index is 13.3. The maximum atomic E-state index is 13.3. The van der Waals surface area contributed by atoms with E-state index in [4.69, 9.17) is 17.0 Å². The molecule has 2 aromatic rings. The number of benzene rings is 1. The third kappa shape index (κ3) is 3.23. The van der Waals surface area contributed by atoms with Crippen LogP contribution in [0, 0.1) is 5.82 Å². The minimum absolute atomic E-state index is 0.142. The van der Waals surface area contributed by atoms with E-state index < -0.39 is 5.82 Å². The van der Waals surface area contributed by atoms with Gasteiger partial charge in [-0.15, -0.1) is 10.2 Å². The smallest absolute Gasteiger partial charge is 0.218 e. The highest BCUT2D eigenvalue weighted by Crippen LogP contribution is 2.35. The number of hydrogen-bond acceptors (Lipinski definition) is 4. The third-order valence-electron chi connectivity index (χ3n) is 3.46. The normalized spacial score (nSPS) is 18.3. The lowest BCUT2D eigenvalue weighted by molar-refractivity contribution is 0.114. The summed E-state index contributed by atoms with van der Waals surface area (Å²) in [5.74, 6) is -0.590. The first-order chi connectivity index (χ1) is 10.6. The molecule has 8 heteroatoms. The molecule has 0 bridgehead atoms. The molecule has 2 heterocycles. The van der Waals surface area contributed by atoms with Crippen LogP contribution in [-0.4, -0.2) is 34.5 Å². The van der Waals surface area contributed by atoms with Gasteiger partial charge in [0.2, 0.25) is 11.0 Å². The Balaban J connectivity index is 1.70. The summed E-state index contributed by atoms with van der Waals surface area (Å²) in [6, 6.07) is 4.10. The predicted octanol–water partition coefficient (Wildman–Crippen LogP) is 3.15. The van der Waals surface area contributed by atoms with Crippen molar-refractivity contribution in [1.29, 1.82) is 0 Å². The number of aromatic amines is 1. The molecule has 0 unspecified atom stereocenters. The molecule has 3 N–H and O–H groups in total. The van der Waals surface area contributed by atoms with Crippen LogP contribution in [-0.2, 0) is 4.74 Å². The largest absolute Gasteiger partial charge is 0.493 e. The van der Waals surface area contributed by atoms with Crippen LogP contribution in [0.2, 0.25) is 0 Å². The number of thiocarbonyl (C=S) groups is 1.